The molecule has 0 spiro atoms. The van der Waals surface area contributed by atoms with Gasteiger partial charge < -0.3 is 11.5 Å². The molecule has 1 aliphatic heterocycles. The van der Waals surface area contributed by atoms with Crippen LogP contribution in [0, 0.1) is 0 Å². The standard InChI is InChI=1S/C6H11ClN2.H3N/c1-2-5-3-4-8-6(7)9-5;/h3-6,8-9H,2H2,1H3;1H3. The zero-order chi connectivity index (χ0) is 6.69. The SMILES string of the molecule is CCC1C=CNC(Cl)N1.N. The topological polar surface area (TPSA) is 59.1 Å². The number of halogens is 1. The predicted molar refractivity (Wildman–Crippen MR) is 44.2 cm³/mol. The van der Waals surface area contributed by atoms with Gasteiger partial charge in [0.05, 0.1) is 0 Å². The van der Waals surface area contributed by atoms with Crippen molar-refractivity contribution in [1.82, 2.24) is 16.8 Å². The summed E-state index contributed by atoms with van der Waals surface area (Å²) in [6, 6.07) is 0.439. The first kappa shape index (κ1) is 9.75. The van der Waals surface area contributed by atoms with E-state index in [9.17, 15) is 0 Å². The van der Waals surface area contributed by atoms with E-state index in [1.54, 1.807) is 0 Å². The molecule has 0 aromatic heterocycles. The van der Waals surface area contributed by atoms with Crippen LogP contribution in [-0.2, 0) is 0 Å². The van der Waals surface area contributed by atoms with E-state index in [0.29, 0.717) is 6.04 Å². The molecule has 60 valence electrons. The highest BCUT2D eigenvalue weighted by molar-refractivity contribution is 6.20. The van der Waals surface area contributed by atoms with Crippen molar-refractivity contribution in [2.24, 2.45) is 0 Å². The van der Waals surface area contributed by atoms with E-state index in [1.807, 2.05) is 6.20 Å². The summed E-state index contributed by atoms with van der Waals surface area (Å²) in [6.07, 6.45) is 5.04. The molecule has 2 unspecified atom stereocenters. The van der Waals surface area contributed by atoms with Crippen molar-refractivity contribution in [2.75, 3.05) is 0 Å². The first-order chi connectivity index (χ1) is 4.33. The monoisotopic (exact) mass is 163 g/mol. The minimum absolute atomic E-state index is 0. The highest BCUT2D eigenvalue weighted by Gasteiger charge is 2.10. The molecule has 1 rings (SSSR count). The van der Waals surface area contributed by atoms with Crippen LogP contribution in [0.25, 0.3) is 0 Å². The van der Waals surface area contributed by atoms with Crippen LogP contribution in [0.1, 0.15) is 13.3 Å². The smallest absolute Gasteiger partial charge is 0.155 e. The molecule has 2 atom stereocenters. The fraction of sp³-hybridized carbons (Fsp3) is 0.667. The summed E-state index contributed by atoms with van der Waals surface area (Å²) in [5, 5.41) is 6.05. The largest absolute Gasteiger partial charge is 0.364 e. The number of hydrogen-bond acceptors (Lipinski definition) is 3. The lowest BCUT2D eigenvalue weighted by atomic mass is 10.2. The van der Waals surface area contributed by atoms with Crippen molar-refractivity contribution >= 4 is 11.6 Å². The maximum absolute atomic E-state index is 5.72. The summed E-state index contributed by atoms with van der Waals surface area (Å²) in [5.74, 6) is 0. The molecule has 0 fully saturated rings. The summed E-state index contributed by atoms with van der Waals surface area (Å²) in [4.78, 5) is 0. The molecule has 0 aromatic carbocycles. The molecular weight excluding hydrogens is 150 g/mol. The third-order valence-corrected chi connectivity index (χ3v) is 1.62. The Hall–Kier alpha value is -0.250. The van der Waals surface area contributed by atoms with Gasteiger partial charge in [0.15, 0.2) is 5.62 Å². The average molecular weight is 164 g/mol. The molecule has 0 aromatic rings. The lowest BCUT2D eigenvalue weighted by Crippen LogP contribution is -2.44. The molecule has 5 N–H and O–H groups in total. The van der Waals surface area contributed by atoms with Gasteiger partial charge in [-0.2, -0.15) is 0 Å². The maximum Gasteiger partial charge on any atom is 0.155 e. The van der Waals surface area contributed by atoms with Gasteiger partial charge in [0.1, 0.15) is 0 Å². The van der Waals surface area contributed by atoms with Crippen LogP contribution in [0.3, 0.4) is 0 Å². The van der Waals surface area contributed by atoms with Crippen molar-refractivity contribution in [3.63, 3.8) is 0 Å². The first-order valence-electron chi connectivity index (χ1n) is 3.15. The fourth-order valence-electron chi connectivity index (χ4n) is 0.802. The first-order valence-corrected chi connectivity index (χ1v) is 3.59. The third kappa shape index (κ3) is 2.56. The molecule has 10 heavy (non-hydrogen) atoms. The Morgan fingerprint density at radius 2 is 2.30 bits per heavy atom. The molecule has 0 saturated heterocycles. The number of nitrogens with one attached hydrogen (secondary N) is 2. The minimum atomic E-state index is -0.0973. The highest BCUT2D eigenvalue weighted by atomic mass is 35.5. The van der Waals surface area contributed by atoms with Crippen molar-refractivity contribution in [1.29, 1.82) is 0 Å². The molecule has 0 aliphatic carbocycles. The van der Waals surface area contributed by atoms with Crippen molar-refractivity contribution in [3.05, 3.63) is 12.3 Å². The third-order valence-electron chi connectivity index (χ3n) is 1.37. The lowest BCUT2D eigenvalue weighted by molar-refractivity contribution is 0.497. The van der Waals surface area contributed by atoms with Crippen LogP contribution < -0.4 is 16.8 Å². The van der Waals surface area contributed by atoms with E-state index in [-0.39, 0.29) is 11.8 Å². The van der Waals surface area contributed by atoms with Gasteiger partial charge >= 0.3 is 0 Å². The molecule has 0 bridgehead atoms. The normalized spacial score (nSPS) is 30.6. The Bertz CT molecular complexity index is 116. The van der Waals surface area contributed by atoms with E-state index < -0.39 is 0 Å². The fourth-order valence-corrected chi connectivity index (χ4v) is 1.04. The van der Waals surface area contributed by atoms with Crippen LogP contribution in [0.5, 0.6) is 0 Å². The molecule has 0 amide bonds. The van der Waals surface area contributed by atoms with Crippen molar-refractivity contribution in [3.8, 4) is 0 Å². The second-order valence-electron chi connectivity index (χ2n) is 2.07. The number of alkyl halides is 1. The lowest BCUT2D eigenvalue weighted by Gasteiger charge is -2.22. The zero-order valence-electron chi connectivity index (χ0n) is 6.10. The summed E-state index contributed by atoms with van der Waals surface area (Å²) in [6.45, 7) is 2.12. The Labute approximate surface area is 66.4 Å². The average Bonchev–Trinajstić information content (AvgIpc) is 1.88. The summed E-state index contributed by atoms with van der Waals surface area (Å²) in [7, 11) is 0. The van der Waals surface area contributed by atoms with E-state index in [1.165, 1.54) is 0 Å². The molecule has 1 heterocycles. The Morgan fingerprint density at radius 3 is 2.70 bits per heavy atom. The van der Waals surface area contributed by atoms with Gasteiger partial charge in [-0.25, -0.2) is 0 Å². The van der Waals surface area contributed by atoms with Crippen molar-refractivity contribution in [2.45, 2.75) is 25.0 Å². The quantitative estimate of drug-likeness (QED) is 0.402. The zero-order valence-corrected chi connectivity index (χ0v) is 6.86. The van der Waals surface area contributed by atoms with Gasteiger partial charge in [0.2, 0.25) is 0 Å². The van der Waals surface area contributed by atoms with E-state index >= 15 is 0 Å². The number of hydrogen-bond donors (Lipinski definition) is 3. The molecular formula is C6H14ClN3. The van der Waals surface area contributed by atoms with Crippen molar-refractivity contribution < 1.29 is 0 Å². The van der Waals surface area contributed by atoms with E-state index in [0.717, 1.165) is 6.42 Å². The summed E-state index contributed by atoms with van der Waals surface area (Å²) < 4.78 is 0. The number of rotatable bonds is 1. The predicted octanol–water partition coefficient (Wildman–Crippen LogP) is 1.16. The van der Waals surface area contributed by atoms with Gasteiger partial charge in [-0.1, -0.05) is 24.6 Å². The van der Waals surface area contributed by atoms with Gasteiger partial charge in [-0.3, -0.25) is 5.32 Å². The maximum atomic E-state index is 5.72. The second-order valence-corrected chi connectivity index (χ2v) is 2.51. The Balaban J connectivity index is 0.000000810. The van der Waals surface area contributed by atoms with Crippen LogP contribution >= 0.6 is 11.6 Å². The molecule has 3 nitrogen and oxygen atoms in total. The highest BCUT2D eigenvalue weighted by Crippen LogP contribution is 2.00. The van der Waals surface area contributed by atoms with Gasteiger partial charge in [-0.15, -0.1) is 0 Å². The Kier molecular flexibility index (Phi) is 4.43. The minimum Gasteiger partial charge on any atom is -0.364 e. The van der Waals surface area contributed by atoms with E-state index in [4.69, 9.17) is 11.6 Å². The molecule has 1 aliphatic rings. The van der Waals surface area contributed by atoms with E-state index in [2.05, 4.69) is 23.6 Å². The molecule has 0 saturated carbocycles. The second kappa shape index (κ2) is 4.55. The van der Waals surface area contributed by atoms with Crippen LogP contribution in [0.4, 0.5) is 0 Å². The van der Waals surface area contributed by atoms with Crippen LogP contribution in [0.15, 0.2) is 12.3 Å². The van der Waals surface area contributed by atoms with Gasteiger partial charge in [0.25, 0.3) is 0 Å². The van der Waals surface area contributed by atoms with Crippen LogP contribution in [0.2, 0.25) is 0 Å². The van der Waals surface area contributed by atoms with Gasteiger partial charge in [0, 0.05) is 6.04 Å². The van der Waals surface area contributed by atoms with Crippen LogP contribution in [-0.4, -0.2) is 11.7 Å². The Morgan fingerprint density at radius 1 is 1.60 bits per heavy atom. The van der Waals surface area contributed by atoms with Gasteiger partial charge in [-0.05, 0) is 12.6 Å². The summed E-state index contributed by atoms with van der Waals surface area (Å²) in [5.41, 5.74) is -0.0973. The molecule has 4 heteroatoms. The summed E-state index contributed by atoms with van der Waals surface area (Å²) >= 11 is 5.72. The molecule has 0 radical (unpaired) electrons.